The van der Waals surface area contributed by atoms with Gasteiger partial charge in [0.05, 0.1) is 5.02 Å². The molecule has 1 atom stereocenters. The fourth-order valence-corrected chi connectivity index (χ4v) is 5.26. The molecule has 1 saturated heterocycles. The first-order valence-corrected chi connectivity index (χ1v) is 11.4. The number of sulfonamides is 1. The molecule has 2 amide bonds. The first kappa shape index (κ1) is 22.3. The highest BCUT2D eigenvalue weighted by Crippen LogP contribution is 2.25. The van der Waals surface area contributed by atoms with E-state index in [0.717, 1.165) is 5.56 Å². The number of carbonyl (C=O) groups is 2. The zero-order valence-electron chi connectivity index (χ0n) is 16.8. The Balaban J connectivity index is 1.60. The summed E-state index contributed by atoms with van der Waals surface area (Å²) in [6.45, 7) is 4.33. The summed E-state index contributed by atoms with van der Waals surface area (Å²) in [6.07, 6.45) is 0. The van der Waals surface area contributed by atoms with Crippen molar-refractivity contribution in [2.75, 3.05) is 26.2 Å². The van der Waals surface area contributed by atoms with Gasteiger partial charge in [0, 0.05) is 31.7 Å². The third-order valence-corrected chi connectivity index (χ3v) is 7.40. The number of carbonyl (C=O) groups excluding carboxylic acids is 2. The number of aryl methyl sites for hydroxylation is 1. The van der Waals surface area contributed by atoms with Crippen molar-refractivity contribution >= 4 is 33.4 Å². The molecule has 0 aromatic heterocycles. The Hall–Kier alpha value is -2.42. The van der Waals surface area contributed by atoms with Crippen LogP contribution in [0.25, 0.3) is 0 Å². The summed E-state index contributed by atoms with van der Waals surface area (Å²) >= 11 is 6.05. The number of halogens is 1. The van der Waals surface area contributed by atoms with Crippen LogP contribution in [0.2, 0.25) is 5.02 Å². The van der Waals surface area contributed by atoms with Gasteiger partial charge in [0.1, 0.15) is 10.9 Å². The van der Waals surface area contributed by atoms with Gasteiger partial charge < -0.3 is 10.2 Å². The van der Waals surface area contributed by atoms with E-state index >= 15 is 0 Å². The highest BCUT2D eigenvalue weighted by molar-refractivity contribution is 7.89. The van der Waals surface area contributed by atoms with E-state index in [1.807, 2.05) is 13.0 Å². The summed E-state index contributed by atoms with van der Waals surface area (Å²) in [6, 6.07) is 12.7. The van der Waals surface area contributed by atoms with Gasteiger partial charge in [-0.25, -0.2) is 8.42 Å². The topological polar surface area (TPSA) is 86.8 Å². The molecule has 1 fully saturated rings. The number of amides is 2. The van der Waals surface area contributed by atoms with E-state index in [4.69, 9.17) is 11.6 Å². The third-order valence-electron chi connectivity index (χ3n) is 5.00. The van der Waals surface area contributed by atoms with Crippen LogP contribution in [0.4, 0.5) is 0 Å². The third kappa shape index (κ3) is 4.83. The van der Waals surface area contributed by atoms with Crippen LogP contribution in [0.15, 0.2) is 53.4 Å². The van der Waals surface area contributed by atoms with Gasteiger partial charge in [-0.15, -0.1) is 0 Å². The number of hydrogen-bond donors (Lipinski definition) is 1. The molecule has 2 aromatic rings. The lowest BCUT2D eigenvalue weighted by atomic mass is 10.1. The average Bonchev–Trinajstić information content (AvgIpc) is 2.73. The second-order valence-corrected chi connectivity index (χ2v) is 9.54. The van der Waals surface area contributed by atoms with Crippen molar-refractivity contribution in [1.29, 1.82) is 0 Å². The van der Waals surface area contributed by atoms with Gasteiger partial charge in [0.25, 0.3) is 5.91 Å². The zero-order chi connectivity index (χ0) is 21.9. The average molecular weight is 450 g/mol. The van der Waals surface area contributed by atoms with E-state index in [9.17, 15) is 18.0 Å². The summed E-state index contributed by atoms with van der Waals surface area (Å²) < 4.78 is 27.0. The van der Waals surface area contributed by atoms with E-state index in [-0.39, 0.29) is 47.9 Å². The summed E-state index contributed by atoms with van der Waals surface area (Å²) in [7, 11) is -3.73. The van der Waals surface area contributed by atoms with Crippen molar-refractivity contribution in [3.63, 3.8) is 0 Å². The molecule has 160 valence electrons. The van der Waals surface area contributed by atoms with Gasteiger partial charge in [0.2, 0.25) is 15.9 Å². The highest BCUT2D eigenvalue weighted by atomic mass is 35.5. The summed E-state index contributed by atoms with van der Waals surface area (Å²) in [5.74, 6) is -0.565. The number of benzene rings is 2. The minimum absolute atomic E-state index is 0.0604. The van der Waals surface area contributed by atoms with E-state index in [2.05, 4.69) is 5.32 Å². The first-order valence-electron chi connectivity index (χ1n) is 9.61. The molecule has 1 heterocycles. The second-order valence-electron chi connectivity index (χ2n) is 7.22. The summed E-state index contributed by atoms with van der Waals surface area (Å²) in [4.78, 5) is 26.7. The van der Waals surface area contributed by atoms with Crippen molar-refractivity contribution in [2.24, 2.45) is 0 Å². The molecular weight excluding hydrogens is 426 g/mol. The molecule has 30 heavy (non-hydrogen) atoms. The molecule has 0 aliphatic carbocycles. The Bertz CT molecular complexity index is 1050. The maximum Gasteiger partial charge on any atom is 0.251 e. The largest absolute Gasteiger partial charge is 0.341 e. The lowest BCUT2D eigenvalue weighted by Crippen LogP contribution is -2.55. The summed E-state index contributed by atoms with van der Waals surface area (Å²) in [5, 5.41) is 2.89. The van der Waals surface area contributed by atoms with Crippen LogP contribution in [0.1, 0.15) is 22.8 Å². The predicted octanol–water partition coefficient (Wildman–Crippen LogP) is 2.30. The van der Waals surface area contributed by atoms with Crippen molar-refractivity contribution in [1.82, 2.24) is 14.5 Å². The molecule has 2 aromatic carbocycles. The second kappa shape index (κ2) is 9.16. The van der Waals surface area contributed by atoms with Crippen molar-refractivity contribution in [2.45, 2.75) is 24.8 Å². The van der Waals surface area contributed by atoms with Crippen LogP contribution in [0.3, 0.4) is 0 Å². The van der Waals surface area contributed by atoms with Crippen LogP contribution < -0.4 is 5.32 Å². The molecular formula is C21H24ClN3O4S. The molecule has 0 radical (unpaired) electrons. The fraction of sp³-hybridized carbons (Fsp3) is 0.333. The first-order chi connectivity index (χ1) is 14.2. The minimum atomic E-state index is -3.73. The number of rotatable bonds is 5. The van der Waals surface area contributed by atoms with Gasteiger partial charge in [0.15, 0.2) is 0 Å². The summed E-state index contributed by atoms with van der Waals surface area (Å²) in [5.41, 5.74) is 1.45. The lowest BCUT2D eigenvalue weighted by molar-refractivity contribution is -0.134. The maximum absolute atomic E-state index is 12.8. The van der Waals surface area contributed by atoms with Crippen molar-refractivity contribution in [3.05, 3.63) is 64.7 Å². The molecule has 1 aliphatic rings. The lowest BCUT2D eigenvalue weighted by Gasteiger charge is -2.35. The van der Waals surface area contributed by atoms with Crippen LogP contribution in [-0.2, 0) is 14.8 Å². The Morgan fingerprint density at radius 2 is 1.70 bits per heavy atom. The van der Waals surface area contributed by atoms with E-state index in [1.54, 1.807) is 42.2 Å². The zero-order valence-corrected chi connectivity index (χ0v) is 18.4. The van der Waals surface area contributed by atoms with Crippen molar-refractivity contribution in [3.8, 4) is 0 Å². The number of nitrogens with one attached hydrogen (secondary N) is 1. The Morgan fingerprint density at radius 1 is 1.03 bits per heavy atom. The number of nitrogens with zero attached hydrogens (tertiary/aromatic N) is 2. The van der Waals surface area contributed by atoms with Crippen LogP contribution in [0.5, 0.6) is 0 Å². The molecule has 0 saturated carbocycles. The van der Waals surface area contributed by atoms with Gasteiger partial charge in [-0.2, -0.15) is 4.31 Å². The molecule has 1 N–H and O–H groups in total. The molecule has 9 heteroatoms. The monoisotopic (exact) mass is 449 g/mol. The number of piperazine rings is 1. The van der Waals surface area contributed by atoms with E-state index in [1.165, 1.54) is 16.4 Å². The Labute approximate surface area is 181 Å². The molecule has 1 aliphatic heterocycles. The molecule has 0 bridgehead atoms. The van der Waals surface area contributed by atoms with E-state index < -0.39 is 16.1 Å². The standard InChI is InChI=1S/C21H24ClN3O4S/c1-15-6-5-7-17(14-15)20(26)23-16(2)21(27)24-10-12-25(13-11-24)30(28,29)19-9-4-3-8-18(19)22/h3-9,14,16H,10-13H2,1-2H3,(H,23,26)/t16-/m0/s1. The van der Waals surface area contributed by atoms with Crippen LogP contribution >= 0.6 is 11.6 Å². The molecule has 7 nitrogen and oxygen atoms in total. The molecule has 0 spiro atoms. The molecule has 0 unspecified atom stereocenters. The van der Waals surface area contributed by atoms with Crippen molar-refractivity contribution < 1.29 is 18.0 Å². The van der Waals surface area contributed by atoms with Crippen LogP contribution in [-0.4, -0.2) is 61.7 Å². The maximum atomic E-state index is 12.8. The van der Waals surface area contributed by atoms with Crippen LogP contribution in [0, 0.1) is 6.92 Å². The highest BCUT2D eigenvalue weighted by Gasteiger charge is 2.32. The van der Waals surface area contributed by atoms with Gasteiger partial charge >= 0.3 is 0 Å². The van der Waals surface area contributed by atoms with E-state index in [0.29, 0.717) is 5.56 Å². The van der Waals surface area contributed by atoms with Gasteiger partial charge in [-0.1, -0.05) is 41.4 Å². The normalized spacial score (nSPS) is 16.2. The quantitative estimate of drug-likeness (QED) is 0.758. The molecule has 3 rings (SSSR count). The van der Waals surface area contributed by atoms with Gasteiger partial charge in [-0.05, 0) is 38.1 Å². The Kier molecular flexibility index (Phi) is 6.80. The SMILES string of the molecule is Cc1cccc(C(=O)N[C@@H](C)C(=O)N2CCN(S(=O)(=O)c3ccccc3Cl)CC2)c1. The minimum Gasteiger partial charge on any atom is -0.341 e. The smallest absolute Gasteiger partial charge is 0.251 e. The predicted molar refractivity (Wildman–Crippen MR) is 115 cm³/mol. The van der Waals surface area contributed by atoms with Gasteiger partial charge in [-0.3, -0.25) is 9.59 Å². The number of hydrogen-bond acceptors (Lipinski definition) is 4. The fourth-order valence-electron chi connectivity index (χ4n) is 3.34. The Morgan fingerprint density at radius 3 is 2.33 bits per heavy atom.